The van der Waals surface area contributed by atoms with Gasteiger partial charge in [0.1, 0.15) is 5.82 Å². The molecule has 0 saturated carbocycles. The molecule has 3 rings (SSSR count). The molecule has 96 valence electrons. The number of anilines is 2. The summed E-state index contributed by atoms with van der Waals surface area (Å²) in [6, 6.07) is 5.99. The first-order chi connectivity index (χ1) is 9.20. The average Bonchev–Trinajstić information content (AvgIpc) is 2.94. The van der Waals surface area contributed by atoms with Crippen molar-refractivity contribution in [2.24, 2.45) is 12.1 Å². The molecule has 0 aliphatic rings. The maximum Gasteiger partial charge on any atom is 0.205 e. The van der Waals surface area contributed by atoms with E-state index < -0.39 is 0 Å². The normalized spacial score (nSPS) is 11.4. The Labute approximate surface area is 113 Å². The third-order valence-corrected chi connectivity index (χ3v) is 3.31. The first kappa shape index (κ1) is 11.7. The number of hydrogen-bond donors (Lipinski definition) is 2. The molecule has 0 aliphatic carbocycles. The molecule has 6 nitrogen and oxygen atoms in total. The lowest BCUT2D eigenvalue weighted by molar-refractivity contribution is 0.780. The predicted molar refractivity (Wildman–Crippen MR) is 78.5 cm³/mol. The number of benzene rings is 1. The Morgan fingerprint density at radius 1 is 1.47 bits per heavy atom. The van der Waals surface area contributed by atoms with Crippen LogP contribution < -0.4 is 11.2 Å². The van der Waals surface area contributed by atoms with Crippen LogP contribution in [0.15, 0.2) is 34.9 Å². The molecule has 0 fully saturated rings. The number of rotatable bonds is 3. The van der Waals surface area contributed by atoms with E-state index in [0.29, 0.717) is 10.9 Å². The number of hydrogen-bond acceptors (Lipinski definition) is 6. The lowest BCUT2D eigenvalue weighted by atomic mass is 10.2. The maximum atomic E-state index is 5.52. The van der Waals surface area contributed by atoms with Gasteiger partial charge in [0.05, 0.1) is 11.7 Å². The second-order valence-corrected chi connectivity index (χ2v) is 4.93. The predicted octanol–water partition coefficient (Wildman–Crippen LogP) is 2.06. The van der Waals surface area contributed by atoms with Crippen LogP contribution in [0.4, 0.5) is 10.9 Å². The lowest BCUT2D eigenvalue weighted by Crippen LogP contribution is -1.91. The van der Waals surface area contributed by atoms with Gasteiger partial charge in [-0.2, -0.15) is 10.2 Å². The van der Waals surface area contributed by atoms with Crippen LogP contribution in [0.5, 0.6) is 0 Å². The molecule has 0 spiro atoms. The molecule has 0 atom stereocenters. The first-order valence-electron chi connectivity index (χ1n) is 5.64. The molecule has 19 heavy (non-hydrogen) atoms. The molecule has 3 N–H and O–H groups in total. The van der Waals surface area contributed by atoms with Crippen LogP contribution in [0, 0.1) is 0 Å². The number of fused-ring (bicyclic) bond motifs is 1. The number of aromatic nitrogens is 3. The van der Waals surface area contributed by atoms with Gasteiger partial charge in [-0.05, 0) is 11.6 Å². The van der Waals surface area contributed by atoms with Crippen molar-refractivity contribution in [3.8, 4) is 0 Å². The van der Waals surface area contributed by atoms with Crippen molar-refractivity contribution in [2.45, 2.75) is 0 Å². The Bertz CT molecular complexity index is 742. The zero-order valence-electron chi connectivity index (χ0n) is 10.2. The topological polar surface area (TPSA) is 81.1 Å². The zero-order valence-corrected chi connectivity index (χ0v) is 11.1. The summed E-state index contributed by atoms with van der Waals surface area (Å²) in [5.74, 6) is 0.498. The quantitative estimate of drug-likeness (QED) is 0.565. The Morgan fingerprint density at radius 2 is 2.37 bits per heavy atom. The summed E-state index contributed by atoms with van der Waals surface area (Å²) in [5.41, 5.74) is 10.3. The third-order valence-electron chi connectivity index (χ3n) is 2.54. The molecule has 2 heterocycles. The van der Waals surface area contributed by atoms with E-state index in [9.17, 15) is 0 Å². The second-order valence-electron chi connectivity index (χ2n) is 4.07. The summed E-state index contributed by atoms with van der Waals surface area (Å²) in [7, 11) is 1.90. The van der Waals surface area contributed by atoms with E-state index in [-0.39, 0.29) is 0 Å². The molecule has 3 aromatic rings. The highest BCUT2D eigenvalue weighted by atomic mass is 32.1. The van der Waals surface area contributed by atoms with Crippen molar-refractivity contribution in [3.63, 3.8) is 0 Å². The summed E-state index contributed by atoms with van der Waals surface area (Å²) in [5, 5.41) is 12.0. The van der Waals surface area contributed by atoms with E-state index in [1.165, 1.54) is 11.3 Å². The standard InChI is InChI=1S/C12H12N6S/c1-18-6-9-3-2-8(4-10(9)17-18)5-14-16-12-15-11(13)7-19-12/h2-7H,13H2,1H3,(H,15,16). The van der Waals surface area contributed by atoms with Crippen molar-refractivity contribution in [1.29, 1.82) is 0 Å². The summed E-state index contributed by atoms with van der Waals surface area (Å²) < 4.78 is 1.79. The number of thiazole rings is 1. The van der Waals surface area contributed by atoms with Crippen molar-refractivity contribution >= 4 is 39.4 Å². The SMILES string of the molecule is Cn1cc2ccc(C=NNc3nc(N)cs3)cc2n1. The molecule has 0 bridgehead atoms. The van der Waals surface area contributed by atoms with E-state index in [0.717, 1.165) is 16.5 Å². The summed E-state index contributed by atoms with van der Waals surface area (Å²) in [6.45, 7) is 0. The molecule has 0 amide bonds. The highest BCUT2D eigenvalue weighted by Gasteiger charge is 1.99. The van der Waals surface area contributed by atoms with E-state index in [2.05, 4.69) is 20.6 Å². The highest BCUT2D eigenvalue weighted by molar-refractivity contribution is 7.14. The Kier molecular flexibility index (Phi) is 2.88. The second kappa shape index (κ2) is 4.69. The molecular weight excluding hydrogens is 260 g/mol. The van der Waals surface area contributed by atoms with Gasteiger partial charge >= 0.3 is 0 Å². The van der Waals surface area contributed by atoms with Gasteiger partial charge < -0.3 is 5.73 Å². The zero-order chi connectivity index (χ0) is 13.2. The van der Waals surface area contributed by atoms with Crippen molar-refractivity contribution in [3.05, 3.63) is 35.3 Å². The fourth-order valence-corrected chi connectivity index (χ4v) is 2.28. The lowest BCUT2D eigenvalue weighted by Gasteiger charge is -1.94. The smallest absolute Gasteiger partial charge is 0.205 e. The molecular formula is C12H12N6S. The molecule has 0 saturated heterocycles. The van der Waals surface area contributed by atoms with Gasteiger partial charge in [-0.25, -0.2) is 4.98 Å². The van der Waals surface area contributed by atoms with Crippen molar-refractivity contribution in [1.82, 2.24) is 14.8 Å². The molecule has 0 unspecified atom stereocenters. The summed E-state index contributed by atoms with van der Waals surface area (Å²) >= 11 is 1.41. The van der Waals surface area contributed by atoms with E-state index >= 15 is 0 Å². The van der Waals surface area contributed by atoms with E-state index in [1.54, 1.807) is 16.3 Å². The van der Waals surface area contributed by atoms with Gasteiger partial charge in [-0.3, -0.25) is 10.1 Å². The minimum absolute atomic E-state index is 0.498. The number of nitrogens with zero attached hydrogens (tertiary/aromatic N) is 4. The maximum absolute atomic E-state index is 5.52. The monoisotopic (exact) mass is 272 g/mol. The molecule has 0 aliphatic heterocycles. The Hall–Kier alpha value is -2.41. The molecule has 0 radical (unpaired) electrons. The third kappa shape index (κ3) is 2.55. The number of nitrogens with two attached hydrogens (primary N) is 1. The van der Waals surface area contributed by atoms with Crippen LogP contribution >= 0.6 is 11.3 Å². The minimum Gasteiger partial charge on any atom is -0.383 e. The van der Waals surface area contributed by atoms with Crippen LogP contribution in [-0.4, -0.2) is 21.0 Å². The fraction of sp³-hybridized carbons (Fsp3) is 0.0833. The van der Waals surface area contributed by atoms with Crippen LogP contribution in [0.3, 0.4) is 0 Å². The van der Waals surface area contributed by atoms with Gasteiger partial charge in [-0.1, -0.05) is 12.1 Å². The fourth-order valence-electron chi connectivity index (χ4n) is 1.74. The van der Waals surface area contributed by atoms with E-state index in [4.69, 9.17) is 5.73 Å². The van der Waals surface area contributed by atoms with Gasteiger partial charge in [0.2, 0.25) is 5.13 Å². The van der Waals surface area contributed by atoms with Crippen molar-refractivity contribution < 1.29 is 0 Å². The summed E-state index contributed by atoms with van der Waals surface area (Å²) in [6.07, 6.45) is 3.71. The van der Waals surface area contributed by atoms with Crippen LogP contribution in [0.25, 0.3) is 10.9 Å². The van der Waals surface area contributed by atoms with Crippen LogP contribution in [0.1, 0.15) is 5.56 Å². The highest BCUT2D eigenvalue weighted by Crippen LogP contribution is 2.16. The number of nitrogen functional groups attached to an aromatic ring is 1. The van der Waals surface area contributed by atoms with Gasteiger partial charge in [0.15, 0.2) is 0 Å². The number of nitrogens with one attached hydrogen (secondary N) is 1. The van der Waals surface area contributed by atoms with Crippen LogP contribution in [-0.2, 0) is 7.05 Å². The molecule has 2 aromatic heterocycles. The molecule has 7 heteroatoms. The first-order valence-corrected chi connectivity index (χ1v) is 6.52. The Balaban J connectivity index is 1.77. The van der Waals surface area contributed by atoms with Gasteiger partial charge in [-0.15, -0.1) is 11.3 Å². The minimum atomic E-state index is 0.498. The van der Waals surface area contributed by atoms with Gasteiger partial charge in [0, 0.05) is 24.0 Å². The number of aryl methyl sites for hydroxylation is 1. The summed E-state index contributed by atoms with van der Waals surface area (Å²) in [4.78, 5) is 4.05. The largest absolute Gasteiger partial charge is 0.383 e. The Morgan fingerprint density at radius 3 is 3.16 bits per heavy atom. The van der Waals surface area contributed by atoms with Gasteiger partial charge in [0.25, 0.3) is 0 Å². The molecule has 1 aromatic carbocycles. The van der Waals surface area contributed by atoms with Crippen LogP contribution in [0.2, 0.25) is 0 Å². The number of hydrazone groups is 1. The average molecular weight is 272 g/mol. The van der Waals surface area contributed by atoms with Crippen molar-refractivity contribution in [2.75, 3.05) is 11.2 Å². The van der Waals surface area contributed by atoms with E-state index in [1.807, 2.05) is 31.4 Å².